The van der Waals surface area contributed by atoms with Gasteiger partial charge in [-0.2, -0.15) is 0 Å². The van der Waals surface area contributed by atoms with E-state index >= 15 is 0 Å². The van der Waals surface area contributed by atoms with Crippen molar-refractivity contribution >= 4 is 15.9 Å². The largest absolute Gasteiger partial charge is 0.506 e. The van der Waals surface area contributed by atoms with E-state index in [0.29, 0.717) is 34.5 Å². The molecular weight excluding hydrogens is 250 g/mol. The van der Waals surface area contributed by atoms with Crippen LogP contribution < -0.4 is 15.2 Å². The first-order valence-corrected chi connectivity index (χ1v) is 5.03. The number of hydrogen-bond donors (Lipinski definition) is 2. The van der Waals surface area contributed by atoms with Crippen molar-refractivity contribution in [3.63, 3.8) is 0 Å². The highest BCUT2D eigenvalue weighted by molar-refractivity contribution is 9.10. The van der Waals surface area contributed by atoms with Crippen LogP contribution in [0.2, 0.25) is 0 Å². The Labute approximate surface area is 89.7 Å². The molecule has 0 bridgehead atoms. The van der Waals surface area contributed by atoms with Crippen LogP contribution in [0.5, 0.6) is 17.2 Å². The number of benzene rings is 1. The second kappa shape index (κ2) is 3.67. The molecule has 5 heteroatoms. The molecule has 0 unspecified atom stereocenters. The van der Waals surface area contributed by atoms with E-state index in [1.54, 1.807) is 6.07 Å². The van der Waals surface area contributed by atoms with Gasteiger partial charge in [0, 0.05) is 11.6 Å². The molecule has 0 aliphatic carbocycles. The van der Waals surface area contributed by atoms with Gasteiger partial charge in [0.05, 0.1) is 4.47 Å². The van der Waals surface area contributed by atoms with Crippen molar-refractivity contribution in [2.24, 2.45) is 5.73 Å². The highest BCUT2D eigenvalue weighted by atomic mass is 79.9. The Hall–Kier alpha value is -0.940. The first-order valence-electron chi connectivity index (χ1n) is 4.24. The van der Waals surface area contributed by atoms with Crippen molar-refractivity contribution in [3.05, 3.63) is 16.1 Å². The average Bonchev–Trinajstić information content (AvgIpc) is 2.60. The molecule has 4 nitrogen and oxygen atoms in total. The quantitative estimate of drug-likeness (QED) is 0.843. The van der Waals surface area contributed by atoms with Crippen LogP contribution in [-0.4, -0.2) is 18.4 Å². The number of hydrogen-bond acceptors (Lipinski definition) is 4. The molecule has 0 saturated heterocycles. The zero-order chi connectivity index (χ0) is 10.1. The molecule has 3 N–H and O–H groups in total. The SMILES string of the molecule is NCCc1c(O)c(Br)cc2c1OCO2. The lowest BCUT2D eigenvalue weighted by Gasteiger charge is -2.08. The van der Waals surface area contributed by atoms with Gasteiger partial charge < -0.3 is 20.3 Å². The van der Waals surface area contributed by atoms with Gasteiger partial charge in [0.25, 0.3) is 0 Å². The monoisotopic (exact) mass is 259 g/mol. The van der Waals surface area contributed by atoms with E-state index in [4.69, 9.17) is 15.2 Å². The molecule has 0 amide bonds. The summed E-state index contributed by atoms with van der Waals surface area (Å²) in [5.74, 6) is 1.44. The smallest absolute Gasteiger partial charge is 0.231 e. The Morgan fingerprint density at radius 2 is 2.29 bits per heavy atom. The minimum Gasteiger partial charge on any atom is -0.506 e. The van der Waals surface area contributed by atoms with Crippen molar-refractivity contribution in [3.8, 4) is 17.2 Å². The number of phenolic OH excluding ortho intramolecular Hbond substituents is 1. The summed E-state index contributed by atoms with van der Waals surface area (Å²) in [6.45, 7) is 0.655. The standard InChI is InChI=1S/C9H10BrNO3/c10-6-3-7-9(14-4-13-7)5(1-2-11)8(6)12/h3,12H,1-2,4,11H2. The summed E-state index contributed by atoms with van der Waals surface area (Å²) in [7, 11) is 0. The van der Waals surface area contributed by atoms with Crippen molar-refractivity contribution in [1.82, 2.24) is 0 Å². The van der Waals surface area contributed by atoms with Gasteiger partial charge in [-0.05, 0) is 28.9 Å². The molecule has 14 heavy (non-hydrogen) atoms. The molecule has 1 aromatic rings. The van der Waals surface area contributed by atoms with Crippen molar-refractivity contribution in [1.29, 1.82) is 0 Å². The highest BCUT2D eigenvalue weighted by Crippen LogP contribution is 2.44. The van der Waals surface area contributed by atoms with Gasteiger partial charge in [0.2, 0.25) is 6.79 Å². The van der Waals surface area contributed by atoms with Crippen LogP contribution >= 0.6 is 15.9 Å². The van der Waals surface area contributed by atoms with Crippen LogP contribution in [0.3, 0.4) is 0 Å². The summed E-state index contributed by atoms with van der Waals surface area (Å²) < 4.78 is 11.1. The van der Waals surface area contributed by atoms with Gasteiger partial charge in [-0.1, -0.05) is 0 Å². The van der Waals surface area contributed by atoms with Crippen LogP contribution in [0.4, 0.5) is 0 Å². The van der Waals surface area contributed by atoms with Gasteiger partial charge in [0.15, 0.2) is 11.5 Å². The predicted octanol–water partition coefficient (Wildman–Crippen LogP) is 1.38. The summed E-state index contributed by atoms with van der Waals surface area (Å²) in [5, 5.41) is 9.75. The fourth-order valence-electron chi connectivity index (χ4n) is 1.44. The van der Waals surface area contributed by atoms with Crippen LogP contribution in [0.15, 0.2) is 10.5 Å². The minimum atomic E-state index is 0.180. The fourth-order valence-corrected chi connectivity index (χ4v) is 1.89. The van der Waals surface area contributed by atoms with E-state index in [-0.39, 0.29) is 12.5 Å². The van der Waals surface area contributed by atoms with Crippen LogP contribution in [0, 0.1) is 0 Å². The third kappa shape index (κ3) is 1.42. The van der Waals surface area contributed by atoms with Gasteiger partial charge in [-0.25, -0.2) is 0 Å². The summed E-state index contributed by atoms with van der Waals surface area (Å²) in [6, 6.07) is 1.69. The van der Waals surface area contributed by atoms with E-state index in [2.05, 4.69) is 15.9 Å². The number of halogens is 1. The molecule has 1 aliphatic rings. The Balaban J connectivity index is 2.54. The molecule has 0 spiro atoms. The lowest BCUT2D eigenvalue weighted by Crippen LogP contribution is -2.04. The summed E-state index contributed by atoms with van der Waals surface area (Å²) >= 11 is 3.24. The van der Waals surface area contributed by atoms with E-state index in [1.807, 2.05) is 0 Å². The van der Waals surface area contributed by atoms with Crippen molar-refractivity contribution in [2.45, 2.75) is 6.42 Å². The summed E-state index contributed by atoms with van der Waals surface area (Å²) in [5.41, 5.74) is 6.15. The molecule has 0 radical (unpaired) electrons. The third-order valence-electron chi connectivity index (χ3n) is 2.08. The van der Waals surface area contributed by atoms with Crippen LogP contribution in [0.1, 0.15) is 5.56 Å². The zero-order valence-electron chi connectivity index (χ0n) is 7.42. The Kier molecular flexibility index (Phi) is 2.52. The molecule has 1 heterocycles. The number of nitrogens with two attached hydrogens (primary N) is 1. The second-order valence-electron chi connectivity index (χ2n) is 2.96. The Morgan fingerprint density at radius 3 is 3.00 bits per heavy atom. The fraction of sp³-hybridized carbons (Fsp3) is 0.333. The molecule has 0 fully saturated rings. The number of fused-ring (bicyclic) bond motifs is 1. The molecule has 76 valence electrons. The van der Waals surface area contributed by atoms with Crippen LogP contribution in [0.25, 0.3) is 0 Å². The number of aromatic hydroxyl groups is 1. The van der Waals surface area contributed by atoms with E-state index in [9.17, 15) is 5.11 Å². The average molecular weight is 260 g/mol. The normalized spacial score (nSPS) is 13.3. The zero-order valence-corrected chi connectivity index (χ0v) is 9.00. The highest BCUT2D eigenvalue weighted by Gasteiger charge is 2.22. The molecule has 0 saturated carbocycles. The second-order valence-corrected chi connectivity index (χ2v) is 3.81. The molecule has 1 aromatic carbocycles. The summed E-state index contributed by atoms with van der Waals surface area (Å²) in [6.07, 6.45) is 0.566. The molecular formula is C9H10BrNO3. The molecule has 1 aliphatic heterocycles. The lowest BCUT2D eigenvalue weighted by atomic mass is 10.1. The third-order valence-corrected chi connectivity index (χ3v) is 2.68. The maximum Gasteiger partial charge on any atom is 0.231 e. The van der Waals surface area contributed by atoms with Crippen molar-refractivity contribution < 1.29 is 14.6 Å². The number of ether oxygens (including phenoxy) is 2. The molecule has 2 rings (SSSR count). The van der Waals surface area contributed by atoms with Gasteiger partial charge in [-0.3, -0.25) is 0 Å². The van der Waals surface area contributed by atoms with E-state index < -0.39 is 0 Å². The minimum absolute atomic E-state index is 0.180. The Bertz CT molecular complexity index is 368. The first-order chi connectivity index (χ1) is 6.74. The first kappa shape index (κ1) is 9.61. The maximum atomic E-state index is 9.75. The van der Waals surface area contributed by atoms with Crippen LogP contribution in [-0.2, 0) is 6.42 Å². The topological polar surface area (TPSA) is 64.7 Å². The van der Waals surface area contributed by atoms with Gasteiger partial charge in [-0.15, -0.1) is 0 Å². The maximum absolute atomic E-state index is 9.75. The van der Waals surface area contributed by atoms with Gasteiger partial charge in [0.1, 0.15) is 5.75 Å². The van der Waals surface area contributed by atoms with E-state index in [1.165, 1.54) is 0 Å². The Morgan fingerprint density at radius 1 is 1.50 bits per heavy atom. The van der Waals surface area contributed by atoms with E-state index in [0.717, 1.165) is 0 Å². The lowest BCUT2D eigenvalue weighted by molar-refractivity contribution is 0.173. The number of rotatable bonds is 2. The number of phenols is 1. The van der Waals surface area contributed by atoms with Crippen molar-refractivity contribution in [2.75, 3.05) is 13.3 Å². The molecule has 0 aromatic heterocycles. The summed E-state index contributed by atoms with van der Waals surface area (Å²) in [4.78, 5) is 0. The predicted molar refractivity (Wildman–Crippen MR) is 54.7 cm³/mol. The van der Waals surface area contributed by atoms with Gasteiger partial charge >= 0.3 is 0 Å². The molecule has 0 atom stereocenters.